The quantitative estimate of drug-likeness (QED) is 0.517. The normalized spacial score (nSPS) is 10.4. The lowest BCUT2D eigenvalue weighted by Gasteiger charge is -2.04. The van der Waals surface area contributed by atoms with E-state index >= 15 is 0 Å². The van der Waals surface area contributed by atoms with Gasteiger partial charge in [-0.05, 0) is 29.8 Å². The number of carbonyl (C=O) groups excluding carboxylic acids is 1. The van der Waals surface area contributed by atoms with E-state index < -0.39 is 4.92 Å². The molecule has 0 saturated heterocycles. The van der Waals surface area contributed by atoms with Gasteiger partial charge in [-0.15, -0.1) is 0 Å². The highest BCUT2D eigenvalue weighted by Crippen LogP contribution is 2.21. The van der Waals surface area contributed by atoms with Gasteiger partial charge in [0.1, 0.15) is 11.9 Å². The van der Waals surface area contributed by atoms with Gasteiger partial charge in [0.05, 0.1) is 11.1 Å². The number of nitro groups is 1. The summed E-state index contributed by atoms with van der Waals surface area (Å²) in [7, 11) is 0. The van der Waals surface area contributed by atoms with E-state index in [9.17, 15) is 14.9 Å². The van der Waals surface area contributed by atoms with Gasteiger partial charge in [0.2, 0.25) is 11.8 Å². The van der Waals surface area contributed by atoms with Crippen LogP contribution in [0.25, 0.3) is 0 Å². The summed E-state index contributed by atoms with van der Waals surface area (Å²) >= 11 is 0. The third-order valence-corrected chi connectivity index (χ3v) is 2.47. The van der Waals surface area contributed by atoms with Crippen molar-refractivity contribution in [2.45, 2.75) is 6.92 Å². The lowest BCUT2D eigenvalue weighted by atomic mass is 10.2. The van der Waals surface area contributed by atoms with E-state index in [0.717, 1.165) is 11.8 Å². The fraction of sp³-hybridized carbons (Fsp3) is 0.0714. The first-order valence-electron chi connectivity index (χ1n) is 6.22. The van der Waals surface area contributed by atoms with Crippen LogP contribution in [-0.2, 0) is 4.79 Å². The lowest BCUT2D eigenvalue weighted by Crippen LogP contribution is -2.12. The van der Waals surface area contributed by atoms with Crippen LogP contribution in [0.2, 0.25) is 0 Å². The molecule has 1 amide bonds. The fourth-order valence-electron chi connectivity index (χ4n) is 1.48. The number of benzene rings is 1. The van der Waals surface area contributed by atoms with Crippen LogP contribution in [0.1, 0.15) is 12.5 Å². The Labute approximate surface area is 125 Å². The average molecular weight is 300 g/mol. The molecule has 0 spiro atoms. The third-order valence-electron chi connectivity index (χ3n) is 2.47. The standard InChI is InChI=1S/C14H12N4O4/c1-10(19)17-16-8-11-2-5-13(6-3-11)22-14-7-4-12(9-15-14)18(20)21/h2-9H,1H3,(H,17,19). The van der Waals surface area contributed by atoms with E-state index in [2.05, 4.69) is 15.5 Å². The molecule has 8 nitrogen and oxygen atoms in total. The predicted molar refractivity (Wildman–Crippen MR) is 78.8 cm³/mol. The molecule has 1 aromatic heterocycles. The molecule has 0 saturated carbocycles. The average Bonchev–Trinajstić information content (AvgIpc) is 2.49. The molecule has 1 aromatic carbocycles. The second kappa shape index (κ2) is 6.93. The molecule has 0 aliphatic carbocycles. The van der Waals surface area contributed by atoms with Gasteiger partial charge in [0, 0.05) is 19.1 Å². The number of hydrogen-bond donors (Lipinski definition) is 1. The molecule has 2 rings (SSSR count). The summed E-state index contributed by atoms with van der Waals surface area (Å²) in [4.78, 5) is 24.5. The van der Waals surface area contributed by atoms with Gasteiger partial charge in [-0.3, -0.25) is 14.9 Å². The Balaban J connectivity index is 2.00. The summed E-state index contributed by atoms with van der Waals surface area (Å²) in [6.07, 6.45) is 2.62. The number of hydrazone groups is 1. The summed E-state index contributed by atoms with van der Waals surface area (Å²) in [5.41, 5.74) is 2.97. The first-order valence-corrected chi connectivity index (χ1v) is 6.22. The first-order chi connectivity index (χ1) is 10.5. The number of carbonyl (C=O) groups is 1. The summed E-state index contributed by atoms with van der Waals surface area (Å²) in [5.74, 6) is 0.531. The monoisotopic (exact) mass is 300 g/mol. The minimum absolute atomic E-state index is 0.100. The maximum atomic E-state index is 10.7. The first kappa shape index (κ1) is 15.1. The van der Waals surface area contributed by atoms with E-state index in [4.69, 9.17) is 4.74 Å². The maximum absolute atomic E-state index is 10.7. The van der Waals surface area contributed by atoms with Crippen molar-refractivity contribution in [3.05, 3.63) is 58.3 Å². The van der Waals surface area contributed by atoms with Crippen molar-refractivity contribution >= 4 is 17.8 Å². The zero-order valence-corrected chi connectivity index (χ0v) is 11.6. The molecule has 2 aromatic rings. The van der Waals surface area contributed by atoms with Crippen LogP contribution in [0.5, 0.6) is 11.6 Å². The molecule has 8 heteroatoms. The number of amides is 1. The van der Waals surface area contributed by atoms with Crippen LogP contribution < -0.4 is 10.2 Å². The Morgan fingerprint density at radius 3 is 2.59 bits per heavy atom. The van der Waals surface area contributed by atoms with Gasteiger partial charge in [-0.1, -0.05) is 0 Å². The Hall–Kier alpha value is -3.29. The number of ether oxygens (including phenoxy) is 1. The van der Waals surface area contributed by atoms with Crippen molar-refractivity contribution in [3.8, 4) is 11.6 Å². The minimum Gasteiger partial charge on any atom is -0.439 e. The largest absolute Gasteiger partial charge is 0.439 e. The van der Waals surface area contributed by atoms with Gasteiger partial charge in [-0.25, -0.2) is 10.4 Å². The molecule has 0 aliphatic rings. The molecule has 0 unspecified atom stereocenters. The Morgan fingerprint density at radius 1 is 1.32 bits per heavy atom. The van der Waals surface area contributed by atoms with Crippen LogP contribution in [0, 0.1) is 10.1 Å². The molecule has 0 radical (unpaired) electrons. The SMILES string of the molecule is CC(=O)NN=Cc1ccc(Oc2ccc([N+](=O)[O-])cn2)cc1. The second-order valence-electron chi connectivity index (χ2n) is 4.21. The summed E-state index contributed by atoms with van der Waals surface area (Å²) < 4.78 is 5.46. The van der Waals surface area contributed by atoms with Gasteiger partial charge in [-0.2, -0.15) is 5.10 Å². The maximum Gasteiger partial charge on any atom is 0.287 e. The fourth-order valence-corrected chi connectivity index (χ4v) is 1.48. The summed E-state index contributed by atoms with van der Waals surface area (Å²) in [6.45, 7) is 1.37. The zero-order chi connectivity index (χ0) is 15.9. The van der Waals surface area contributed by atoms with Crippen molar-refractivity contribution < 1.29 is 14.5 Å². The van der Waals surface area contributed by atoms with E-state index in [1.807, 2.05) is 0 Å². The Kier molecular flexibility index (Phi) is 4.76. The van der Waals surface area contributed by atoms with Crippen LogP contribution in [0.3, 0.4) is 0 Å². The van der Waals surface area contributed by atoms with Gasteiger partial charge >= 0.3 is 0 Å². The Morgan fingerprint density at radius 2 is 2.05 bits per heavy atom. The molecular weight excluding hydrogens is 288 g/mol. The smallest absolute Gasteiger partial charge is 0.287 e. The summed E-state index contributed by atoms with van der Waals surface area (Å²) in [5, 5.41) is 14.3. The number of aromatic nitrogens is 1. The van der Waals surface area contributed by atoms with Gasteiger partial charge < -0.3 is 4.74 Å². The van der Waals surface area contributed by atoms with Crippen molar-refractivity contribution in [1.29, 1.82) is 0 Å². The molecule has 22 heavy (non-hydrogen) atoms. The molecule has 0 fully saturated rings. The number of rotatable bonds is 5. The van der Waals surface area contributed by atoms with Gasteiger partial charge in [0.15, 0.2) is 0 Å². The van der Waals surface area contributed by atoms with E-state index in [-0.39, 0.29) is 17.5 Å². The highest BCUT2D eigenvalue weighted by molar-refractivity contribution is 5.81. The molecule has 0 aliphatic heterocycles. The third kappa shape index (κ3) is 4.37. The van der Waals surface area contributed by atoms with Crippen molar-refractivity contribution in [3.63, 3.8) is 0 Å². The van der Waals surface area contributed by atoms with Crippen molar-refractivity contribution in [1.82, 2.24) is 10.4 Å². The minimum atomic E-state index is -0.528. The lowest BCUT2D eigenvalue weighted by molar-refractivity contribution is -0.385. The van der Waals surface area contributed by atoms with Crippen LogP contribution in [0.15, 0.2) is 47.7 Å². The van der Waals surface area contributed by atoms with Crippen LogP contribution >= 0.6 is 0 Å². The second-order valence-corrected chi connectivity index (χ2v) is 4.21. The molecule has 1 N–H and O–H groups in total. The topological polar surface area (TPSA) is 107 Å². The number of pyridine rings is 1. The van der Waals surface area contributed by atoms with E-state index in [0.29, 0.717) is 5.75 Å². The van der Waals surface area contributed by atoms with Crippen LogP contribution in [-0.4, -0.2) is 22.0 Å². The predicted octanol–water partition coefficient (Wildman–Crippen LogP) is 2.25. The highest BCUT2D eigenvalue weighted by Gasteiger charge is 2.06. The van der Waals surface area contributed by atoms with Gasteiger partial charge in [0.25, 0.3) is 5.69 Å². The number of hydrogen-bond acceptors (Lipinski definition) is 6. The number of nitrogens with zero attached hydrogens (tertiary/aromatic N) is 3. The van der Waals surface area contributed by atoms with E-state index in [1.165, 1.54) is 25.3 Å². The molecule has 0 atom stereocenters. The van der Waals surface area contributed by atoms with Crippen molar-refractivity contribution in [2.75, 3.05) is 0 Å². The molecule has 1 heterocycles. The molecule has 0 bridgehead atoms. The number of nitrogens with one attached hydrogen (secondary N) is 1. The Bertz CT molecular complexity index is 696. The highest BCUT2D eigenvalue weighted by atomic mass is 16.6. The molecule has 112 valence electrons. The summed E-state index contributed by atoms with van der Waals surface area (Å²) in [6, 6.07) is 9.61. The molecular formula is C14H12N4O4. The van der Waals surface area contributed by atoms with Crippen molar-refractivity contribution in [2.24, 2.45) is 5.10 Å². The van der Waals surface area contributed by atoms with Crippen LogP contribution in [0.4, 0.5) is 5.69 Å². The zero-order valence-electron chi connectivity index (χ0n) is 11.6. The van der Waals surface area contributed by atoms with E-state index in [1.54, 1.807) is 24.3 Å².